The van der Waals surface area contributed by atoms with E-state index in [0.717, 1.165) is 12.1 Å². The molecule has 0 radical (unpaired) electrons. The number of aryl methyl sites for hydroxylation is 1. The monoisotopic (exact) mass is 188 g/mol. The highest BCUT2D eigenvalue weighted by atomic mass is 16.2. The number of hydrazone groups is 1. The minimum atomic E-state index is 0.0400. The molecular weight excluding hydrogens is 176 g/mol. The molecule has 2 rings (SSSR count). The van der Waals surface area contributed by atoms with Crippen molar-refractivity contribution in [1.29, 1.82) is 0 Å². The van der Waals surface area contributed by atoms with E-state index in [2.05, 4.69) is 12.0 Å². The van der Waals surface area contributed by atoms with Crippen molar-refractivity contribution in [2.24, 2.45) is 5.10 Å². The first-order chi connectivity index (χ1) is 6.81. The quantitative estimate of drug-likeness (QED) is 0.698. The average molecular weight is 188 g/mol. The van der Waals surface area contributed by atoms with Gasteiger partial charge in [-0.1, -0.05) is 19.1 Å². The van der Waals surface area contributed by atoms with Crippen molar-refractivity contribution in [3.05, 3.63) is 29.8 Å². The van der Waals surface area contributed by atoms with E-state index in [1.165, 1.54) is 10.6 Å². The van der Waals surface area contributed by atoms with Gasteiger partial charge in [-0.3, -0.25) is 4.79 Å². The third-order valence-electron chi connectivity index (χ3n) is 2.26. The summed E-state index contributed by atoms with van der Waals surface area (Å²) >= 11 is 0. The van der Waals surface area contributed by atoms with Crippen LogP contribution in [-0.2, 0) is 11.2 Å². The standard InChI is InChI=1S/C11H12N2O/c1-2-9-4-3-5-10(8-9)13-11(14)6-7-12-13/h3-5,7-8H,2,6H2,1H3. The molecule has 1 aromatic carbocycles. The fraction of sp³-hybridized carbons (Fsp3) is 0.273. The van der Waals surface area contributed by atoms with Crippen molar-refractivity contribution in [3.63, 3.8) is 0 Å². The minimum absolute atomic E-state index is 0.0400. The van der Waals surface area contributed by atoms with Crippen LogP contribution in [0.3, 0.4) is 0 Å². The zero-order chi connectivity index (χ0) is 9.97. The third kappa shape index (κ3) is 1.53. The summed E-state index contributed by atoms with van der Waals surface area (Å²) in [5.74, 6) is 0.0400. The maximum Gasteiger partial charge on any atom is 0.252 e. The van der Waals surface area contributed by atoms with Crippen LogP contribution in [0, 0.1) is 0 Å². The van der Waals surface area contributed by atoms with Gasteiger partial charge in [-0.15, -0.1) is 0 Å². The van der Waals surface area contributed by atoms with E-state index in [9.17, 15) is 4.79 Å². The molecule has 0 saturated carbocycles. The van der Waals surface area contributed by atoms with Gasteiger partial charge in [-0.25, -0.2) is 5.01 Å². The van der Waals surface area contributed by atoms with Crippen molar-refractivity contribution >= 4 is 17.8 Å². The molecule has 0 spiro atoms. The molecule has 1 aliphatic heterocycles. The lowest BCUT2D eigenvalue weighted by Gasteiger charge is -2.12. The summed E-state index contributed by atoms with van der Waals surface area (Å²) in [5, 5.41) is 5.48. The third-order valence-corrected chi connectivity index (χ3v) is 2.26. The van der Waals surface area contributed by atoms with Gasteiger partial charge in [0, 0.05) is 6.21 Å². The molecular formula is C11H12N2O. The minimum Gasteiger partial charge on any atom is -0.272 e. The first kappa shape index (κ1) is 8.94. The van der Waals surface area contributed by atoms with Crippen molar-refractivity contribution in [2.75, 3.05) is 5.01 Å². The molecule has 0 saturated heterocycles. The average Bonchev–Trinajstić information content (AvgIpc) is 2.65. The first-order valence-corrected chi connectivity index (χ1v) is 4.75. The number of hydrogen-bond acceptors (Lipinski definition) is 2. The van der Waals surface area contributed by atoms with Gasteiger partial charge in [-0.2, -0.15) is 5.10 Å². The van der Waals surface area contributed by atoms with E-state index >= 15 is 0 Å². The van der Waals surface area contributed by atoms with Crippen molar-refractivity contribution < 1.29 is 4.79 Å². The topological polar surface area (TPSA) is 32.7 Å². The van der Waals surface area contributed by atoms with E-state index in [1.807, 2.05) is 24.3 Å². The molecule has 3 nitrogen and oxygen atoms in total. The molecule has 0 N–H and O–H groups in total. The number of amides is 1. The Morgan fingerprint density at radius 2 is 2.36 bits per heavy atom. The highest BCUT2D eigenvalue weighted by molar-refractivity contribution is 6.05. The predicted octanol–water partition coefficient (Wildman–Crippen LogP) is 1.97. The van der Waals surface area contributed by atoms with Gasteiger partial charge < -0.3 is 0 Å². The molecule has 0 bridgehead atoms. The second-order valence-electron chi connectivity index (χ2n) is 3.23. The molecule has 1 aromatic rings. The van der Waals surface area contributed by atoms with Crippen LogP contribution in [0.5, 0.6) is 0 Å². The van der Waals surface area contributed by atoms with Gasteiger partial charge in [0.25, 0.3) is 5.91 Å². The van der Waals surface area contributed by atoms with Gasteiger partial charge in [0.15, 0.2) is 0 Å². The Balaban J connectivity index is 2.31. The van der Waals surface area contributed by atoms with Crippen LogP contribution in [0.2, 0.25) is 0 Å². The molecule has 0 unspecified atom stereocenters. The Bertz CT molecular complexity index is 385. The molecule has 1 amide bonds. The number of hydrogen-bond donors (Lipinski definition) is 0. The lowest BCUT2D eigenvalue weighted by atomic mass is 10.1. The number of carbonyl (C=O) groups excluding carboxylic acids is 1. The smallest absolute Gasteiger partial charge is 0.252 e. The molecule has 0 fully saturated rings. The number of anilines is 1. The Hall–Kier alpha value is -1.64. The Morgan fingerprint density at radius 3 is 3.00 bits per heavy atom. The van der Waals surface area contributed by atoms with Gasteiger partial charge >= 0.3 is 0 Å². The van der Waals surface area contributed by atoms with E-state index in [0.29, 0.717) is 6.42 Å². The highest BCUT2D eigenvalue weighted by Gasteiger charge is 2.18. The zero-order valence-electron chi connectivity index (χ0n) is 8.10. The summed E-state index contributed by atoms with van der Waals surface area (Å²) in [6.07, 6.45) is 3.02. The SMILES string of the molecule is CCc1cccc(N2N=CCC2=O)c1. The summed E-state index contributed by atoms with van der Waals surface area (Å²) in [5.41, 5.74) is 2.08. The van der Waals surface area contributed by atoms with E-state index in [1.54, 1.807) is 6.21 Å². The van der Waals surface area contributed by atoms with Crippen molar-refractivity contribution in [1.82, 2.24) is 0 Å². The number of nitrogens with zero attached hydrogens (tertiary/aromatic N) is 2. The summed E-state index contributed by atoms with van der Waals surface area (Å²) in [7, 11) is 0. The summed E-state index contributed by atoms with van der Waals surface area (Å²) in [4.78, 5) is 11.4. The summed E-state index contributed by atoms with van der Waals surface area (Å²) in [6, 6.07) is 7.91. The van der Waals surface area contributed by atoms with E-state index in [4.69, 9.17) is 0 Å². The van der Waals surface area contributed by atoms with E-state index < -0.39 is 0 Å². The fourth-order valence-corrected chi connectivity index (χ4v) is 1.47. The molecule has 1 aliphatic rings. The van der Waals surface area contributed by atoms with Gasteiger partial charge in [0.2, 0.25) is 0 Å². The summed E-state index contributed by atoms with van der Waals surface area (Å²) in [6.45, 7) is 2.09. The molecule has 0 aliphatic carbocycles. The van der Waals surface area contributed by atoms with Crippen LogP contribution < -0.4 is 5.01 Å². The lowest BCUT2D eigenvalue weighted by Crippen LogP contribution is -2.19. The van der Waals surface area contributed by atoms with Crippen LogP contribution in [0.4, 0.5) is 5.69 Å². The zero-order valence-corrected chi connectivity index (χ0v) is 8.10. The second-order valence-corrected chi connectivity index (χ2v) is 3.23. The second kappa shape index (κ2) is 3.62. The highest BCUT2D eigenvalue weighted by Crippen LogP contribution is 2.19. The van der Waals surface area contributed by atoms with Gasteiger partial charge in [0.05, 0.1) is 12.1 Å². The Morgan fingerprint density at radius 1 is 1.50 bits per heavy atom. The largest absolute Gasteiger partial charge is 0.272 e. The van der Waals surface area contributed by atoms with Gasteiger partial charge in [0.1, 0.15) is 0 Å². The van der Waals surface area contributed by atoms with Crippen LogP contribution in [-0.4, -0.2) is 12.1 Å². The normalized spacial score (nSPS) is 15.2. The Kier molecular flexibility index (Phi) is 2.31. The van der Waals surface area contributed by atoms with Crippen LogP contribution in [0.15, 0.2) is 29.4 Å². The number of benzene rings is 1. The molecule has 14 heavy (non-hydrogen) atoms. The molecule has 1 heterocycles. The fourth-order valence-electron chi connectivity index (χ4n) is 1.47. The molecule has 72 valence electrons. The first-order valence-electron chi connectivity index (χ1n) is 4.75. The van der Waals surface area contributed by atoms with Crippen LogP contribution in [0.25, 0.3) is 0 Å². The molecule has 3 heteroatoms. The van der Waals surface area contributed by atoms with Gasteiger partial charge in [-0.05, 0) is 24.1 Å². The number of rotatable bonds is 2. The van der Waals surface area contributed by atoms with Crippen LogP contribution in [0.1, 0.15) is 18.9 Å². The Labute approximate surface area is 83.0 Å². The molecule has 0 atom stereocenters. The van der Waals surface area contributed by atoms with E-state index in [-0.39, 0.29) is 5.91 Å². The van der Waals surface area contributed by atoms with Crippen LogP contribution >= 0.6 is 0 Å². The lowest BCUT2D eigenvalue weighted by molar-refractivity contribution is -0.116. The maximum absolute atomic E-state index is 11.4. The molecule has 0 aromatic heterocycles. The van der Waals surface area contributed by atoms with Crippen molar-refractivity contribution in [3.8, 4) is 0 Å². The predicted molar refractivity (Wildman–Crippen MR) is 56.4 cm³/mol. The number of carbonyl (C=O) groups is 1. The van der Waals surface area contributed by atoms with Crippen molar-refractivity contribution in [2.45, 2.75) is 19.8 Å². The maximum atomic E-state index is 11.4. The summed E-state index contributed by atoms with van der Waals surface area (Å²) < 4.78 is 0.